The van der Waals surface area contributed by atoms with Crippen molar-refractivity contribution >= 4 is 5.97 Å². The van der Waals surface area contributed by atoms with Gasteiger partial charge < -0.3 is 14.6 Å². The monoisotopic (exact) mass is 709 g/mol. The van der Waals surface area contributed by atoms with Gasteiger partial charge in [-0.2, -0.15) is 0 Å². The number of allylic oxidation sites excluding steroid dienone is 14. The van der Waals surface area contributed by atoms with E-state index in [1.807, 2.05) is 0 Å². The van der Waals surface area contributed by atoms with Gasteiger partial charge in [-0.05, 0) is 83.5 Å². The molecule has 0 fully saturated rings. The van der Waals surface area contributed by atoms with E-state index in [2.05, 4.69) is 98.9 Å². The Bertz CT molecular complexity index is 923. The Kier molecular flexibility index (Phi) is 41.6. The van der Waals surface area contributed by atoms with Crippen LogP contribution in [0.15, 0.2) is 85.1 Å². The highest BCUT2D eigenvalue weighted by atomic mass is 16.6. The first kappa shape index (κ1) is 48.6. The summed E-state index contributed by atoms with van der Waals surface area (Å²) in [4.78, 5) is 12.2. The molecule has 51 heavy (non-hydrogen) atoms. The predicted octanol–water partition coefficient (Wildman–Crippen LogP) is 14.0. The third kappa shape index (κ3) is 41.9. The first-order chi connectivity index (χ1) is 25.2. The van der Waals surface area contributed by atoms with E-state index in [9.17, 15) is 9.90 Å². The van der Waals surface area contributed by atoms with Gasteiger partial charge in [0, 0.05) is 13.0 Å². The van der Waals surface area contributed by atoms with Crippen molar-refractivity contribution < 1.29 is 19.4 Å². The average Bonchev–Trinajstić information content (AvgIpc) is 3.14. The Hall–Kier alpha value is -2.43. The number of hydrogen-bond donors (Lipinski definition) is 1. The fraction of sp³-hybridized carbons (Fsp3) is 0.681. The quantitative estimate of drug-likeness (QED) is 0.0394. The van der Waals surface area contributed by atoms with E-state index in [1.54, 1.807) is 0 Å². The number of hydrogen-bond acceptors (Lipinski definition) is 4. The highest BCUT2D eigenvalue weighted by Crippen LogP contribution is 2.13. The third-order valence-corrected chi connectivity index (χ3v) is 8.72. The van der Waals surface area contributed by atoms with Crippen LogP contribution in [-0.2, 0) is 14.3 Å². The van der Waals surface area contributed by atoms with Gasteiger partial charge >= 0.3 is 5.97 Å². The van der Waals surface area contributed by atoms with Gasteiger partial charge in [0.25, 0.3) is 0 Å². The minimum absolute atomic E-state index is 0.183. The molecule has 0 rings (SSSR count). The van der Waals surface area contributed by atoms with Gasteiger partial charge in [-0.3, -0.25) is 4.79 Å². The molecular weight excluding hydrogens is 629 g/mol. The molecule has 0 saturated heterocycles. The summed E-state index contributed by atoms with van der Waals surface area (Å²) in [7, 11) is 0. The molecule has 4 nitrogen and oxygen atoms in total. The van der Waals surface area contributed by atoms with Gasteiger partial charge in [0.2, 0.25) is 0 Å². The Balaban J connectivity index is 3.49. The zero-order valence-electron chi connectivity index (χ0n) is 33.3. The Morgan fingerprint density at radius 2 is 0.824 bits per heavy atom. The van der Waals surface area contributed by atoms with E-state index in [0.29, 0.717) is 13.0 Å². The summed E-state index contributed by atoms with van der Waals surface area (Å²) in [6.07, 6.45) is 60.7. The Morgan fingerprint density at radius 1 is 0.471 bits per heavy atom. The second kappa shape index (κ2) is 43.7. The van der Waals surface area contributed by atoms with Crippen molar-refractivity contribution in [1.82, 2.24) is 0 Å². The van der Waals surface area contributed by atoms with E-state index < -0.39 is 6.10 Å². The third-order valence-electron chi connectivity index (χ3n) is 8.72. The molecule has 0 radical (unpaired) electrons. The number of rotatable bonds is 38. The molecule has 0 bridgehead atoms. The molecule has 1 N–H and O–H groups in total. The molecule has 0 aromatic heterocycles. The molecule has 0 saturated carbocycles. The first-order valence-corrected chi connectivity index (χ1v) is 21.2. The predicted molar refractivity (Wildman–Crippen MR) is 223 cm³/mol. The van der Waals surface area contributed by atoms with Crippen LogP contribution >= 0.6 is 0 Å². The second-order valence-corrected chi connectivity index (χ2v) is 13.6. The first-order valence-electron chi connectivity index (χ1n) is 21.2. The Labute approximate surface area is 316 Å². The van der Waals surface area contributed by atoms with Crippen LogP contribution in [-0.4, -0.2) is 37.0 Å². The van der Waals surface area contributed by atoms with Gasteiger partial charge in [0.05, 0.1) is 13.2 Å². The molecule has 0 aromatic rings. The smallest absolute Gasteiger partial charge is 0.306 e. The number of aliphatic hydroxyl groups excluding tert-OH is 1. The average molecular weight is 709 g/mol. The molecular formula is C47H80O4. The highest BCUT2D eigenvalue weighted by molar-refractivity contribution is 5.69. The molecule has 1 unspecified atom stereocenters. The number of carbonyl (C=O) groups excluding carboxylic acids is 1. The van der Waals surface area contributed by atoms with Crippen LogP contribution in [0.3, 0.4) is 0 Å². The lowest BCUT2D eigenvalue weighted by Gasteiger charge is -2.16. The van der Waals surface area contributed by atoms with E-state index in [-0.39, 0.29) is 19.2 Å². The number of esters is 1. The van der Waals surface area contributed by atoms with Crippen LogP contribution in [0.1, 0.15) is 181 Å². The molecule has 1 atom stereocenters. The van der Waals surface area contributed by atoms with Crippen LogP contribution in [0.5, 0.6) is 0 Å². The molecule has 0 aliphatic heterocycles. The zero-order chi connectivity index (χ0) is 37.0. The van der Waals surface area contributed by atoms with E-state index in [0.717, 1.165) is 64.2 Å². The molecule has 0 amide bonds. The molecule has 0 spiro atoms. The maximum atomic E-state index is 12.2. The van der Waals surface area contributed by atoms with Crippen molar-refractivity contribution in [3.05, 3.63) is 85.1 Å². The van der Waals surface area contributed by atoms with E-state index in [1.165, 1.54) is 96.3 Å². The minimum Gasteiger partial charge on any atom is -0.457 e. The molecule has 0 aliphatic carbocycles. The fourth-order valence-corrected chi connectivity index (χ4v) is 5.63. The van der Waals surface area contributed by atoms with Crippen LogP contribution in [0.2, 0.25) is 0 Å². The summed E-state index contributed by atoms with van der Waals surface area (Å²) in [6.45, 7) is 5.09. The summed E-state index contributed by atoms with van der Waals surface area (Å²) in [5.41, 5.74) is 0. The van der Waals surface area contributed by atoms with Gasteiger partial charge in [0.1, 0.15) is 6.10 Å². The zero-order valence-corrected chi connectivity index (χ0v) is 33.3. The van der Waals surface area contributed by atoms with Crippen molar-refractivity contribution in [2.75, 3.05) is 19.8 Å². The molecule has 0 heterocycles. The standard InChI is InChI=1S/C47H80O4/c1-3-5-7-9-11-13-15-17-19-21-23-24-25-26-28-30-32-34-36-38-40-42-47(49)51-46(44-48)45-50-43-41-39-37-35-33-31-29-27-22-20-18-16-14-12-10-8-6-4-2/h5-8,11-14,17-20,23-24,46,48H,3-4,9-10,15-16,21-22,25-45H2,1-2H3/b7-5-,8-6-,13-11-,14-12-,19-17-,20-18-,24-23-. The van der Waals surface area contributed by atoms with Crippen LogP contribution in [0, 0.1) is 0 Å². The van der Waals surface area contributed by atoms with Gasteiger partial charge in [-0.25, -0.2) is 0 Å². The molecule has 0 aromatic carbocycles. The largest absolute Gasteiger partial charge is 0.457 e. The summed E-state index contributed by atoms with van der Waals surface area (Å²) in [6, 6.07) is 0. The topological polar surface area (TPSA) is 55.8 Å². The summed E-state index contributed by atoms with van der Waals surface area (Å²) >= 11 is 0. The van der Waals surface area contributed by atoms with Crippen LogP contribution < -0.4 is 0 Å². The highest BCUT2D eigenvalue weighted by Gasteiger charge is 2.13. The van der Waals surface area contributed by atoms with Crippen molar-refractivity contribution in [3.8, 4) is 0 Å². The van der Waals surface area contributed by atoms with Crippen molar-refractivity contribution in [2.45, 2.75) is 187 Å². The maximum Gasteiger partial charge on any atom is 0.306 e. The van der Waals surface area contributed by atoms with Gasteiger partial charge in [-0.15, -0.1) is 0 Å². The second-order valence-electron chi connectivity index (χ2n) is 13.6. The fourth-order valence-electron chi connectivity index (χ4n) is 5.63. The Morgan fingerprint density at radius 3 is 1.24 bits per heavy atom. The van der Waals surface area contributed by atoms with Crippen LogP contribution in [0.4, 0.5) is 0 Å². The summed E-state index contributed by atoms with van der Waals surface area (Å²) < 4.78 is 11.2. The van der Waals surface area contributed by atoms with E-state index in [4.69, 9.17) is 9.47 Å². The lowest BCUT2D eigenvalue weighted by atomic mass is 10.1. The van der Waals surface area contributed by atoms with Crippen LogP contribution in [0.25, 0.3) is 0 Å². The summed E-state index contributed by atoms with van der Waals surface area (Å²) in [5.74, 6) is -0.215. The molecule has 4 heteroatoms. The van der Waals surface area contributed by atoms with Crippen molar-refractivity contribution in [2.24, 2.45) is 0 Å². The lowest BCUT2D eigenvalue weighted by molar-refractivity contribution is -0.154. The number of ether oxygens (including phenoxy) is 2. The molecule has 292 valence electrons. The maximum absolute atomic E-state index is 12.2. The van der Waals surface area contributed by atoms with E-state index >= 15 is 0 Å². The number of carbonyl (C=O) groups is 1. The van der Waals surface area contributed by atoms with Gasteiger partial charge in [0.15, 0.2) is 0 Å². The van der Waals surface area contributed by atoms with Crippen molar-refractivity contribution in [3.63, 3.8) is 0 Å². The lowest BCUT2D eigenvalue weighted by Crippen LogP contribution is -2.27. The molecule has 0 aliphatic rings. The van der Waals surface area contributed by atoms with Crippen molar-refractivity contribution in [1.29, 1.82) is 0 Å². The SMILES string of the molecule is CC/C=C\C/C=C\C/C=C\C/C=C\CCCCCCCCCCC(=O)OC(CO)COCCCCCCCCCC/C=C\C/C=C\C/C=C\CC. The summed E-state index contributed by atoms with van der Waals surface area (Å²) in [5, 5.41) is 9.60. The number of unbranched alkanes of at least 4 members (excludes halogenated alkanes) is 16. The minimum atomic E-state index is -0.548. The normalized spacial score (nSPS) is 13.2. The van der Waals surface area contributed by atoms with Gasteiger partial charge in [-0.1, -0.05) is 176 Å². The number of aliphatic hydroxyl groups is 1.